The summed E-state index contributed by atoms with van der Waals surface area (Å²) in [5.74, 6) is 3.13. The van der Waals surface area contributed by atoms with E-state index >= 15 is 0 Å². The van der Waals surface area contributed by atoms with E-state index in [2.05, 4.69) is 15.6 Å². The molecule has 7 heteroatoms. The molecular weight excluding hydrogens is 388 g/mol. The van der Waals surface area contributed by atoms with Crippen molar-refractivity contribution in [3.8, 4) is 0 Å². The topological polar surface area (TPSA) is 73.0 Å². The minimum Gasteiger partial charge on any atom is -0.361 e. The maximum atomic E-state index is 13.0. The third-order valence-electron chi connectivity index (χ3n) is 7.59. The van der Waals surface area contributed by atoms with Crippen molar-refractivity contribution in [3.05, 3.63) is 33.4 Å². The van der Waals surface area contributed by atoms with E-state index in [4.69, 9.17) is 16.1 Å². The van der Waals surface area contributed by atoms with Crippen LogP contribution < -0.4 is 5.32 Å². The summed E-state index contributed by atoms with van der Waals surface area (Å²) in [5, 5.41) is 12.4. The Bertz CT molecular complexity index is 925. The van der Waals surface area contributed by atoms with Gasteiger partial charge in [-0.2, -0.15) is 5.10 Å². The van der Waals surface area contributed by atoms with E-state index in [0.717, 1.165) is 41.2 Å². The Labute approximate surface area is 176 Å². The quantitative estimate of drug-likeness (QED) is 0.781. The van der Waals surface area contributed by atoms with E-state index in [1.807, 2.05) is 25.5 Å². The van der Waals surface area contributed by atoms with Crippen LogP contribution in [0.5, 0.6) is 0 Å². The second kappa shape index (κ2) is 6.86. The van der Waals surface area contributed by atoms with Gasteiger partial charge in [0.1, 0.15) is 5.76 Å². The van der Waals surface area contributed by atoms with E-state index in [1.54, 1.807) is 0 Å². The second-order valence-electron chi connectivity index (χ2n) is 9.81. The van der Waals surface area contributed by atoms with Crippen molar-refractivity contribution in [2.75, 3.05) is 6.54 Å². The third-order valence-corrected chi connectivity index (χ3v) is 8.14. The molecule has 2 heterocycles. The molecule has 29 heavy (non-hydrogen) atoms. The molecule has 0 aliphatic heterocycles. The van der Waals surface area contributed by atoms with Crippen molar-refractivity contribution in [3.63, 3.8) is 0 Å². The first-order chi connectivity index (χ1) is 13.8. The van der Waals surface area contributed by atoms with E-state index in [0.29, 0.717) is 28.4 Å². The lowest BCUT2D eigenvalue weighted by Gasteiger charge is -2.56. The van der Waals surface area contributed by atoms with Crippen LogP contribution in [0.2, 0.25) is 5.02 Å². The first-order valence-electron chi connectivity index (χ1n) is 10.8. The largest absolute Gasteiger partial charge is 0.361 e. The number of carbonyl (C=O) groups is 1. The smallest absolute Gasteiger partial charge is 0.273 e. The fourth-order valence-electron chi connectivity index (χ4n) is 6.59. The Hall–Kier alpha value is -1.82. The SMILES string of the molecule is Cc1nn(Cc2c(C(=O)NCC34CC5CC(CC(C5)C3)C4)noc2C)c(C)c1Cl. The van der Waals surface area contributed by atoms with Crippen molar-refractivity contribution in [1.29, 1.82) is 0 Å². The molecule has 0 aromatic carbocycles. The van der Waals surface area contributed by atoms with Crippen LogP contribution in [0.1, 0.15) is 71.7 Å². The van der Waals surface area contributed by atoms with Crippen LogP contribution in [-0.2, 0) is 6.54 Å². The van der Waals surface area contributed by atoms with Gasteiger partial charge >= 0.3 is 0 Å². The highest BCUT2D eigenvalue weighted by molar-refractivity contribution is 6.31. The zero-order chi connectivity index (χ0) is 20.3. The number of halogens is 1. The van der Waals surface area contributed by atoms with Gasteiger partial charge in [-0.25, -0.2) is 0 Å². The molecule has 0 saturated heterocycles. The molecule has 4 aliphatic carbocycles. The molecule has 4 bridgehead atoms. The van der Waals surface area contributed by atoms with Gasteiger partial charge in [0.2, 0.25) is 0 Å². The molecule has 0 radical (unpaired) electrons. The van der Waals surface area contributed by atoms with Crippen LogP contribution in [0.25, 0.3) is 0 Å². The molecule has 1 amide bonds. The summed E-state index contributed by atoms with van der Waals surface area (Å²) in [7, 11) is 0. The summed E-state index contributed by atoms with van der Waals surface area (Å²) in [6, 6.07) is 0. The Balaban J connectivity index is 1.31. The summed E-state index contributed by atoms with van der Waals surface area (Å²) in [6.45, 7) is 6.83. The molecule has 0 unspecified atom stereocenters. The highest BCUT2D eigenvalue weighted by Crippen LogP contribution is 2.59. The predicted octanol–water partition coefficient (Wildman–Crippen LogP) is 4.44. The Kier molecular flexibility index (Phi) is 4.53. The average molecular weight is 417 g/mol. The van der Waals surface area contributed by atoms with Crippen molar-refractivity contribution in [1.82, 2.24) is 20.3 Å². The first-order valence-corrected chi connectivity index (χ1v) is 11.1. The normalized spacial score (nSPS) is 30.1. The van der Waals surface area contributed by atoms with Gasteiger partial charge in [-0.15, -0.1) is 0 Å². The van der Waals surface area contributed by atoms with Gasteiger partial charge < -0.3 is 9.84 Å². The highest BCUT2D eigenvalue weighted by Gasteiger charge is 2.50. The molecule has 156 valence electrons. The molecule has 6 nitrogen and oxygen atoms in total. The van der Waals surface area contributed by atoms with Crippen molar-refractivity contribution in [2.24, 2.45) is 23.2 Å². The molecule has 4 fully saturated rings. The molecule has 4 saturated carbocycles. The number of rotatable bonds is 5. The molecule has 1 N–H and O–H groups in total. The number of hydrogen-bond acceptors (Lipinski definition) is 4. The van der Waals surface area contributed by atoms with Gasteiger partial charge in [0.05, 0.1) is 23.0 Å². The second-order valence-corrected chi connectivity index (χ2v) is 10.2. The van der Waals surface area contributed by atoms with Crippen molar-refractivity contribution in [2.45, 2.75) is 65.8 Å². The maximum absolute atomic E-state index is 13.0. The summed E-state index contributed by atoms with van der Waals surface area (Å²) >= 11 is 6.28. The van der Waals surface area contributed by atoms with Crippen molar-refractivity contribution < 1.29 is 9.32 Å². The molecule has 2 aromatic rings. The standard InChI is InChI=1S/C22H29ClN4O2/c1-12-19(23)13(2)27(25-12)10-18-14(3)29-26-20(18)21(28)24-11-22-7-15-4-16(8-22)6-17(5-15)9-22/h15-17H,4-11H2,1-3H3,(H,24,28). The first kappa shape index (κ1) is 19.2. The Morgan fingerprint density at radius 1 is 1.17 bits per heavy atom. The van der Waals surface area contributed by atoms with E-state index in [-0.39, 0.29) is 5.91 Å². The van der Waals surface area contributed by atoms with Gasteiger partial charge in [-0.1, -0.05) is 16.8 Å². The molecule has 0 spiro atoms. The number of amides is 1. The zero-order valence-electron chi connectivity index (χ0n) is 17.4. The van der Waals surface area contributed by atoms with E-state index in [1.165, 1.54) is 38.5 Å². The van der Waals surface area contributed by atoms with Crippen LogP contribution >= 0.6 is 11.6 Å². The lowest BCUT2D eigenvalue weighted by molar-refractivity contribution is -0.0503. The predicted molar refractivity (Wildman–Crippen MR) is 110 cm³/mol. The van der Waals surface area contributed by atoms with Crippen LogP contribution in [0, 0.1) is 43.9 Å². The Morgan fingerprint density at radius 2 is 1.79 bits per heavy atom. The summed E-state index contributed by atoms with van der Waals surface area (Å²) in [5.41, 5.74) is 3.11. The van der Waals surface area contributed by atoms with E-state index in [9.17, 15) is 4.79 Å². The fraction of sp³-hybridized carbons (Fsp3) is 0.682. The number of aromatic nitrogens is 3. The molecule has 2 aromatic heterocycles. The number of nitrogens with zero attached hydrogens (tertiary/aromatic N) is 3. The fourth-order valence-corrected chi connectivity index (χ4v) is 6.73. The number of nitrogens with one attached hydrogen (secondary N) is 1. The number of carbonyl (C=O) groups excluding carboxylic acids is 1. The average Bonchev–Trinajstić information content (AvgIpc) is 3.14. The minimum absolute atomic E-state index is 0.139. The van der Waals surface area contributed by atoms with Crippen LogP contribution in [0.3, 0.4) is 0 Å². The summed E-state index contributed by atoms with van der Waals surface area (Å²) in [6.07, 6.45) is 8.04. The van der Waals surface area contributed by atoms with Crippen LogP contribution in [-0.4, -0.2) is 27.4 Å². The third kappa shape index (κ3) is 3.29. The van der Waals surface area contributed by atoms with Gasteiger partial charge in [-0.3, -0.25) is 9.48 Å². The van der Waals surface area contributed by atoms with Gasteiger partial charge in [-0.05, 0) is 82.5 Å². The Morgan fingerprint density at radius 3 is 2.34 bits per heavy atom. The molecular formula is C22H29ClN4O2. The zero-order valence-corrected chi connectivity index (χ0v) is 18.2. The van der Waals surface area contributed by atoms with Crippen molar-refractivity contribution >= 4 is 17.5 Å². The maximum Gasteiger partial charge on any atom is 0.273 e. The summed E-state index contributed by atoms with van der Waals surface area (Å²) < 4.78 is 7.19. The number of aryl methyl sites for hydroxylation is 2. The van der Waals surface area contributed by atoms with Gasteiger partial charge in [0.25, 0.3) is 5.91 Å². The van der Waals surface area contributed by atoms with E-state index < -0.39 is 0 Å². The van der Waals surface area contributed by atoms with Crippen LogP contribution in [0.15, 0.2) is 4.52 Å². The monoisotopic (exact) mass is 416 g/mol. The van der Waals surface area contributed by atoms with Crippen LogP contribution in [0.4, 0.5) is 0 Å². The molecule has 6 rings (SSSR count). The number of hydrogen-bond donors (Lipinski definition) is 1. The minimum atomic E-state index is -0.139. The van der Waals surface area contributed by atoms with Gasteiger partial charge in [0.15, 0.2) is 5.69 Å². The summed E-state index contributed by atoms with van der Waals surface area (Å²) in [4.78, 5) is 13.0. The molecule has 4 aliphatic rings. The molecule has 0 atom stereocenters. The lowest BCUT2D eigenvalue weighted by Crippen LogP contribution is -2.51. The lowest BCUT2D eigenvalue weighted by atomic mass is 9.49. The highest BCUT2D eigenvalue weighted by atomic mass is 35.5. The van der Waals surface area contributed by atoms with Gasteiger partial charge in [0, 0.05) is 12.1 Å².